The Morgan fingerprint density at radius 1 is 1.08 bits per heavy atom. The van der Waals surface area contributed by atoms with E-state index in [0.29, 0.717) is 12.2 Å². The summed E-state index contributed by atoms with van der Waals surface area (Å²) in [5, 5.41) is 0.802. The van der Waals surface area contributed by atoms with Crippen LogP contribution in [0.5, 0.6) is 5.75 Å². The first-order valence-electron chi connectivity index (χ1n) is 7.85. The van der Waals surface area contributed by atoms with E-state index in [1.54, 1.807) is 6.07 Å². The summed E-state index contributed by atoms with van der Waals surface area (Å²) in [7, 11) is 1.39. The highest BCUT2D eigenvalue weighted by atomic mass is 16.5. The van der Waals surface area contributed by atoms with Gasteiger partial charge in [-0.1, -0.05) is 11.6 Å². The summed E-state index contributed by atoms with van der Waals surface area (Å²) < 4.78 is 10.4. The number of rotatable bonds is 4. The average Bonchev–Trinajstić information content (AvgIpc) is 2.61. The fourth-order valence-corrected chi connectivity index (χ4v) is 2.65. The number of hydrogen-bond donors (Lipinski definition) is 0. The summed E-state index contributed by atoms with van der Waals surface area (Å²) in [6, 6.07) is 15.3. The Morgan fingerprint density at radius 3 is 2.50 bits per heavy atom. The van der Waals surface area contributed by atoms with Gasteiger partial charge in [-0.25, -0.2) is 9.78 Å². The minimum Gasteiger partial charge on any atom is -0.494 e. The van der Waals surface area contributed by atoms with Crippen molar-refractivity contribution in [2.75, 3.05) is 13.7 Å². The van der Waals surface area contributed by atoms with Gasteiger partial charge >= 0.3 is 5.97 Å². The highest BCUT2D eigenvalue weighted by molar-refractivity contribution is 6.04. The van der Waals surface area contributed by atoms with Gasteiger partial charge in [-0.05, 0) is 56.3 Å². The molecule has 0 atom stereocenters. The second-order valence-corrected chi connectivity index (χ2v) is 5.52. The molecule has 0 N–H and O–H groups in total. The first-order valence-corrected chi connectivity index (χ1v) is 7.85. The van der Waals surface area contributed by atoms with Crippen LogP contribution in [-0.2, 0) is 4.74 Å². The van der Waals surface area contributed by atoms with Gasteiger partial charge in [0.05, 0.1) is 30.5 Å². The molecule has 3 aromatic rings. The van der Waals surface area contributed by atoms with Gasteiger partial charge in [0, 0.05) is 10.9 Å². The molecule has 0 aliphatic rings. The van der Waals surface area contributed by atoms with Gasteiger partial charge in [-0.2, -0.15) is 0 Å². The second kappa shape index (κ2) is 6.71. The van der Waals surface area contributed by atoms with Crippen molar-refractivity contribution >= 4 is 16.9 Å². The van der Waals surface area contributed by atoms with Gasteiger partial charge in [-0.3, -0.25) is 0 Å². The maximum atomic E-state index is 12.2. The second-order valence-electron chi connectivity index (χ2n) is 5.52. The van der Waals surface area contributed by atoms with Gasteiger partial charge in [-0.15, -0.1) is 0 Å². The van der Waals surface area contributed by atoms with Crippen LogP contribution >= 0.6 is 0 Å². The molecule has 0 bridgehead atoms. The fourth-order valence-electron chi connectivity index (χ4n) is 2.65. The minimum atomic E-state index is -0.361. The van der Waals surface area contributed by atoms with E-state index in [9.17, 15) is 4.79 Å². The van der Waals surface area contributed by atoms with Crippen LogP contribution in [0.15, 0.2) is 48.5 Å². The molecule has 0 unspecified atom stereocenters. The van der Waals surface area contributed by atoms with Gasteiger partial charge in [0.15, 0.2) is 0 Å². The number of nitrogens with zero attached hydrogens (tertiary/aromatic N) is 1. The van der Waals surface area contributed by atoms with E-state index in [-0.39, 0.29) is 5.97 Å². The minimum absolute atomic E-state index is 0.361. The normalized spacial score (nSPS) is 10.6. The van der Waals surface area contributed by atoms with Crippen molar-refractivity contribution in [2.24, 2.45) is 0 Å². The number of ether oxygens (including phenoxy) is 2. The third-order valence-corrected chi connectivity index (χ3v) is 3.83. The van der Waals surface area contributed by atoms with Gasteiger partial charge in [0.25, 0.3) is 0 Å². The molecule has 0 aliphatic heterocycles. The monoisotopic (exact) mass is 321 g/mol. The molecule has 0 amide bonds. The quantitative estimate of drug-likeness (QED) is 0.668. The van der Waals surface area contributed by atoms with Crippen molar-refractivity contribution in [3.8, 4) is 17.0 Å². The lowest BCUT2D eigenvalue weighted by molar-refractivity contribution is 0.0603. The number of pyridine rings is 1. The Kier molecular flexibility index (Phi) is 4.47. The molecule has 122 valence electrons. The predicted octanol–water partition coefficient (Wildman–Crippen LogP) is 4.40. The number of aromatic nitrogens is 1. The van der Waals surface area contributed by atoms with Crippen molar-refractivity contribution in [1.29, 1.82) is 0 Å². The Labute approximate surface area is 141 Å². The number of esters is 1. The Balaban J connectivity index is 2.14. The van der Waals surface area contributed by atoms with Crippen LogP contribution in [-0.4, -0.2) is 24.7 Å². The summed E-state index contributed by atoms with van der Waals surface area (Å²) >= 11 is 0. The molecule has 0 aliphatic carbocycles. The third kappa shape index (κ3) is 3.08. The summed E-state index contributed by atoms with van der Waals surface area (Å²) in [5.41, 5.74) is 4.02. The lowest BCUT2D eigenvalue weighted by atomic mass is 10.0. The molecule has 1 aromatic heterocycles. The first kappa shape index (κ1) is 16.0. The molecule has 0 fully saturated rings. The molecule has 0 radical (unpaired) electrons. The maximum absolute atomic E-state index is 12.2. The number of carbonyl (C=O) groups is 1. The highest BCUT2D eigenvalue weighted by Crippen LogP contribution is 2.27. The number of hydrogen-bond acceptors (Lipinski definition) is 4. The summed E-state index contributed by atoms with van der Waals surface area (Å²) in [4.78, 5) is 16.9. The third-order valence-electron chi connectivity index (χ3n) is 3.83. The molecule has 4 nitrogen and oxygen atoms in total. The lowest BCUT2D eigenvalue weighted by Gasteiger charge is -2.10. The van der Waals surface area contributed by atoms with Crippen LogP contribution in [0.25, 0.3) is 22.2 Å². The van der Waals surface area contributed by atoms with Crippen LogP contribution in [0.3, 0.4) is 0 Å². The topological polar surface area (TPSA) is 48.4 Å². The highest BCUT2D eigenvalue weighted by Gasteiger charge is 2.14. The van der Waals surface area contributed by atoms with Crippen molar-refractivity contribution in [1.82, 2.24) is 4.98 Å². The largest absolute Gasteiger partial charge is 0.494 e. The zero-order valence-electron chi connectivity index (χ0n) is 14.0. The first-order chi connectivity index (χ1) is 11.6. The SMILES string of the molecule is CCOc1ccc(-c2cc(C(=O)OC)c3cc(C)ccc3n2)cc1. The van der Waals surface area contributed by atoms with Crippen LogP contribution < -0.4 is 4.74 Å². The lowest BCUT2D eigenvalue weighted by Crippen LogP contribution is -2.04. The molecule has 24 heavy (non-hydrogen) atoms. The van der Waals surface area contributed by atoms with E-state index in [2.05, 4.69) is 0 Å². The van der Waals surface area contributed by atoms with Crippen molar-refractivity contribution in [3.63, 3.8) is 0 Å². The molecule has 2 aromatic carbocycles. The Hall–Kier alpha value is -2.88. The Morgan fingerprint density at radius 2 is 1.83 bits per heavy atom. The van der Waals surface area contributed by atoms with Crippen LogP contribution in [0.1, 0.15) is 22.8 Å². The molecule has 0 spiro atoms. The van der Waals surface area contributed by atoms with Crippen LogP contribution in [0.2, 0.25) is 0 Å². The summed E-state index contributed by atoms with van der Waals surface area (Å²) in [5.74, 6) is 0.450. The van der Waals surface area contributed by atoms with Crippen LogP contribution in [0, 0.1) is 6.92 Å². The number of carbonyl (C=O) groups excluding carboxylic acids is 1. The number of aryl methyl sites for hydroxylation is 1. The van der Waals surface area contributed by atoms with Crippen molar-refractivity contribution in [3.05, 3.63) is 59.7 Å². The number of methoxy groups -OCH3 is 1. The van der Waals surface area contributed by atoms with Crippen molar-refractivity contribution in [2.45, 2.75) is 13.8 Å². The molecular formula is C20H19NO3. The molecule has 3 rings (SSSR count). The van der Waals surface area contributed by atoms with E-state index < -0.39 is 0 Å². The fraction of sp³-hybridized carbons (Fsp3) is 0.200. The zero-order valence-corrected chi connectivity index (χ0v) is 14.0. The molecule has 0 saturated carbocycles. The molecule has 1 heterocycles. The van der Waals surface area contributed by atoms with E-state index in [1.165, 1.54) is 7.11 Å². The maximum Gasteiger partial charge on any atom is 0.338 e. The summed E-state index contributed by atoms with van der Waals surface area (Å²) in [6.07, 6.45) is 0. The van der Waals surface area contributed by atoms with Gasteiger partial charge in [0.2, 0.25) is 0 Å². The van der Waals surface area contributed by atoms with Crippen LogP contribution in [0.4, 0.5) is 0 Å². The number of benzene rings is 2. The van der Waals surface area contributed by atoms with Gasteiger partial charge < -0.3 is 9.47 Å². The van der Waals surface area contributed by atoms with E-state index in [4.69, 9.17) is 14.5 Å². The van der Waals surface area contributed by atoms with Gasteiger partial charge in [0.1, 0.15) is 5.75 Å². The molecular weight excluding hydrogens is 302 g/mol. The molecule has 4 heteroatoms. The summed E-state index contributed by atoms with van der Waals surface area (Å²) in [6.45, 7) is 4.56. The van der Waals surface area contributed by atoms with Crippen molar-refractivity contribution < 1.29 is 14.3 Å². The van der Waals surface area contributed by atoms with E-state index in [0.717, 1.165) is 33.5 Å². The van der Waals surface area contributed by atoms with E-state index in [1.807, 2.05) is 56.3 Å². The smallest absolute Gasteiger partial charge is 0.338 e. The molecule has 0 saturated heterocycles. The predicted molar refractivity (Wildman–Crippen MR) is 94.4 cm³/mol. The zero-order chi connectivity index (χ0) is 17.1. The van der Waals surface area contributed by atoms with E-state index >= 15 is 0 Å². The number of fused-ring (bicyclic) bond motifs is 1. The Bertz CT molecular complexity index is 885. The average molecular weight is 321 g/mol. The standard InChI is InChI=1S/C20H19NO3/c1-4-24-15-8-6-14(7-9-15)19-12-17(20(22)23-3)16-11-13(2)5-10-18(16)21-19/h5-12H,4H2,1-3H3.